The van der Waals surface area contributed by atoms with Crippen molar-refractivity contribution >= 4 is 39.2 Å². The molecular weight excluding hydrogens is 483 g/mol. The number of aryl methyl sites for hydroxylation is 1. The van der Waals surface area contributed by atoms with E-state index < -0.39 is 10.7 Å². The Morgan fingerprint density at radius 3 is 2.65 bits per heavy atom. The van der Waals surface area contributed by atoms with E-state index in [1.54, 1.807) is 18.0 Å². The Balaban J connectivity index is 0.000000265. The summed E-state index contributed by atoms with van der Waals surface area (Å²) < 4.78 is 16.9. The lowest BCUT2D eigenvalue weighted by atomic mass is 9.76. The minimum absolute atomic E-state index is 0.0885. The summed E-state index contributed by atoms with van der Waals surface area (Å²) >= 11 is 1.68. The fourth-order valence-electron chi connectivity index (χ4n) is 5.22. The average Bonchev–Trinajstić information content (AvgIpc) is 2.93. The van der Waals surface area contributed by atoms with Gasteiger partial charge < -0.3 is 4.31 Å². The van der Waals surface area contributed by atoms with Crippen molar-refractivity contribution in [1.29, 1.82) is 0 Å². The third-order valence-corrected chi connectivity index (χ3v) is 7.68. The molecule has 0 saturated carbocycles. The van der Waals surface area contributed by atoms with E-state index >= 15 is 0 Å². The quantitative estimate of drug-likeness (QED) is 0.0906. The molecule has 1 aliphatic heterocycles. The lowest BCUT2D eigenvalue weighted by molar-refractivity contribution is -0.385. The highest BCUT2D eigenvalue weighted by Gasteiger charge is 2.27. The van der Waals surface area contributed by atoms with Gasteiger partial charge >= 0.3 is 0 Å². The molecule has 1 aliphatic carbocycles. The highest BCUT2D eigenvalue weighted by atomic mass is 32.2. The first kappa shape index (κ1) is 24.8. The summed E-state index contributed by atoms with van der Waals surface area (Å²) in [7, 11) is 0. The summed E-state index contributed by atoms with van der Waals surface area (Å²) in [6.45, 7) is 4.55. The Bertz CT molecular complexity index is 1540. The zero-order valence-electron chi connectivity index (χ0n) is 20.3. The number of hydrogen-bond donors (Lipinski definition) is 0. The summed E-state index contributed by atoms with van der Waals surface area (Å²) in [6, 6.07) is 20.9. The van der Waals surface area contributed by atoms with Crippen LogP contribution in [0.2, 0.25) is 0 Å². The maximum atomic E-state index is 14.8. The minimum atomic E-state index is -0.552. The van der Waals surface area contributed by atoms with Crippen LogP contribution < -0.4 is 0 Å². The van der Waals surface area contributed by atoms with Crippen molar-refractivity contribution < 1.29 is 9.31 Å². The van der Waals surface area contributed by atoms with Gasteiger partial charge in [0.05, 0.1) is 11.0 Å². The van der Waals surface area contributed by atoms with Gasteiger partial charge in [-0.25, -0.2) is 4.39 Å². The molecule has 2 aliphatic rings. The molecule has 4 aromatic rings. The molecular formula is C31H27FN2O2S. The molecule has 186 valence electrons. The molecule has 0 saturated heterocycles. The predicted molar refractivity (Wildman–Crippen MR) is 152 cm³/mol. The van der Waals surface area contributed by atoms with E-state index in [0.29, 0.717) is 5.56 Å². The van der Waals surface area contributed by atoms with Crippen LogP contribution in [0.15, 0.2) is 103 Å². The standard InChI is InChI=1S/C24H18FNO2.C7H9NS/c25-23-14-17(26(27)28)10-13-20(23)21-7-3-5-16-9-11-19-18-6-2-1-4-15(18)8-12-22(19)24(16)21;1-2-5-8-6-3-4-7-9-8/h1-2,4,6,8-14,21H,3,5,7H2;2-4,6-7H,1,5H2. The number of hydrogen-bond acceptors (Lipinski definition) is 4. The highest BCUT2D eigenvalue weighted by Crippen LogP contribution is 2.43. The fraction of sp³-hybridized carbons (Fsp3) is 0.161. The molecule has 6 rings (SSSR count). The summed E-state index contributed by atoms with van der Waals surface area (Å²) in [5.74, 6) is -0.584. The Labute approximate surface area is 220 Å². The molecule has 0 fully saturated rings. The Kier molecular flexibility index (Phi) is 7.37. The summed E-state index contributed by atoms with van der Waals surface area (Å²) in [5, 5.41) is 17.7. The molecule has 6 heteroatoms. The van der Waals surface area contributed by atoms with Crippen LogP contribution in [-0.4, -0.2) is 15.8 Å². The van der Waals surface area contributed by atoms with Gasteiger partial charge in [0, 0.05) is 24.7 Å². The third-order valence-electron chi connectivity index (χ3n) is 6.86. The van der Waals surface area contributed by atoms with Crippen molar-refractivity contribution in [3.05, 3.63) is 136 Å². The molecule has 0 bridgehead atoms. The molecule has 1 atom stereocenters. The SMILES string of the molecule is C=CCN1C=CC=CS1.O=[N+]([O-])c1ccc(C2CCCc3ccc4c(ccc5ccccc54)c32)c(F)c1. The first-order chi connectivity index (χ1) is 18.1. The number of non-ortho nitro benzene ring substituents is 1. The molecule has 0 spiro atoms. The molecule has 1 heterocycles. The van der Waals surface area contributed by atoms with Crippen molar-refractivity contribution in [2.75, 3.05) is 6.54 Å². The van der Waals surface area contributed by atoms with E-state index in [0.717, 1.165) is 37.3 Å². The van der Waals surface area contributed by atoms with E-state index in [9.17, 15) is 14.5 Å². The molecule has 1 unspecified atom stereocenters. The summed E-state index contributed by atoms with van der Waals surface area (Å²) in [6.07, 6.45) is 10.7. The maximum absolute atomic E-state index is 14.8. The van der Waals surface area contributed by atoms with Gasteiger partial charge in [0.2, 0.25) is 0 Å². The van der Waals surface area contributed by atoms with Crippen LogP contribution in [0.1, 0.15) is 35.4 Å². The number of fused-ring (bicyclic) bond motifs is 5. The second-order valence-electron chi connectivity index (χ2n) is 9.09. The van der Waals surface area contributed by atoms with Crippen molar-refractivity contribution in [3.8, 4) is 0 Å². The van der Waals surface area contributed by atoms with Crippen LogP contribution in [-0.2, 0) is 6.42 Å². The molecule has 37 heavy (non-hydrogen) atoms. The fourth-order valence-corrected chi connectivity index (χ4v) is 5.87. The Morgan fingerprint density at radius 1 is 1.05 bits per heavy atom. The van der Waals surface area contributed by atoms with Gasteiger partial charge in [0.25, 0.3) is 5.69 Å². The molecule has 4 nitrogen and oxygen atoms in total. The largest absolute Gasteiger partial charge is 0.316 e. The third kappa shape index (κ3) is 5.16. The van der Waals surface area contributed by atoms with Crippen LogP contribution >= 0.6 is 11.9 Å². The number of benzene rings is 4. The Morgan fingerprint density at radius 2 is 1.89 bits per heavy atom. The van der Waals surface area contributed by atoms with E-state index in [1.807, 2.05) is 42.0 Å². The van der Waals surface area contributed by atoms with Gasteiger partial charge in [-0.15, -0.1) is 6.58 Å². The van der Waals surface area contributed by atoms with Gasteiger partial charge in [-0.3, -0.25) is 10.1 Å². The normalized spacial score (nSPS) is 16.2. The lowest BCUT2D eigenvalue weighted by Gasteiger charge is -2.28. The number of nitrogens with zero attached hydrogens (tertiary/aromatic N) is 2. The number of nitro benzene ring substituents is 1. The van der Waals surface area contributed by atoms with Crippen molar-refractivity contribution in [3.63, 3.8) is 0 Å². The van der Waals surface area contributed by atoms with Crippen molar-refractivity contribution in [1.82, 2.24) is 4.31 Å². The number of nitro groups is 1. The number of halogens is 1. The van der Waals surface area contributed by atoms with Crippen LogP contribution in [0.25, 0.3) is 21.5 Å². The van der Waals surface area contributed by atoms with Gasteiger partial charge in [0.1, 0.15) is 5.82 Å². The topological polar surface area (TPSA) is 46.4 Å². The van der Waals surface area contributed by atoms with Crippen molar-refractivity contribution in [2.45, 2.75) is 25.2 Å². The molecule has 0 amide bonds. The van der Waals surface area contributed by atoms with E-state index in [-0.39, 0.29) is 11.6 Å². The zero-order chi connectivity index (χ0) is 25.8. The van der Waals surface area contributed by atoms with E-state index in [4.69, 9.17) is 0 Å². The van der Waals surface area contributed by atoms with Crippen LogP contribution in [0, 0.1) is 15.9 Å². The monoisotopic (exact) mass is 510 g/mol. The van der Waals surface area contributed by atoms with Gasteiger partial charge in [-0.1, -0.05) is 60.7 Å². The maximum Gasteiger partial charge on any atom is 0.272 e. The average molecular weight is 511 g/mol. The van der Waals surface area contributed by atoms with E-state index in [1.165, 1.54) is 33.4 Å². The van der Waals surface area contributed by atoms with Gasteiger partial charge in [-0.05, 0) is 87.0 Å². The lowest BCUT2D eigenvalue weighted by Crippen LogP contribution is -2.13. The first-order valence-corrected chi connectivity index (χ1v) is 13.1. The Hall–Kier alpha value is -3.90. The highest BCUT2D eigenvalue weighted by molar-refractivity contribution is 8.00. The summed E-state index contributed by atoms with van der Waals surface area (Å²) in [4.78, 5) is 10.4. The van der Waals surface area contributed by atoms with E-state index in [2.05, 4.69) is 47.3 Å². The minimum Gasteiger partial charge on any atom is -0.316 e. The van der Waals surface area contributed by atoms with Crippen LogP contribution in [0.5, 0.6) is 0 Å². The van der Waals surface area contributed by atoms with Crippen LogP contribution in [0.3, 0.4) is 0 Å². The molecule has 0 N–H and O–H groups in total. The van der Waals surface area contributed by atoms with Gasteiger partial charge in [-0.2, -0.15) is 0 Å². The summed E-state index contributed by atoms with van der Waals surface area (Å²) in [5.41, 5.74) is 2.76. The first-order valence-electron chi connectivity index (χ1n) is 12.3. The molecule has 0 radical (unpaired) electrons. The smallest absolute Gasteiger partial charge is 0.272 e. The second kappa shape index (κ2) is 11.0. The molecule has 0 aromatic heterocycles. The van der Waals surface area contributed by atoms with Crippen LogP contribution in [0.4, 0.5) is 10.1 Å². The molecule has 4 aromatic carbocycles. The second-order valence-corrected chi connectivity index (χ2v) is 10.0. The van der Waals surface area contributed by atoms with Crippen molar-refractivity contribution in [2.24, 2.45) is 0 Å². The number of rotatable bonds is 4. The number of allylic oxidation sites excluding steroid dienone is 2. The predicted octanol–water partition coefficient (Wildman–Crippen LogP) is 8.67. The zero-order valence-corrected chi connectivity index (χ0v) is 21.2. The van der Waals surface area contributed by atoms with Gasteiger partial charge in [0.15, 0.2) is 0 Å².